The van der Waals surface area contributed by atoms with E-state index in [1.165, 1.54) is 5.56 Å². The van der Waals surface area contributed by atoms with Crippen LogP contribution in [0.25, 0.3) is 22.2 Å². The first-order valence-corrected chi connectivity index (χ1v) is 8.81. The zero-order valence-electron chi connectivity index (χ0n) is 15.3. The fourth-order valence-electron chi connectivity index (χ4n) is 3.16. The molecule has 0 saturated carbocycles. The van der Waals surface area contributed by atoms with Crippen LogP contribution >= 0.6 is 0 Å². The Bertz CT molecular complexity index is 1090. The highest BCUT2D eigenvalue weighted by Crippen LogP contribution is 2.22. The molecular weight excluding hydrogens is 340 g/mol. The van der Waals surface area contributed by atoms with Gasteiger partial charge in [0.15, 0.2) is 5.76 Å². The third kappa shape index (κ3) is 3.62. The summed E-state index contributed by atoms with van der Waals surface area (Å²) >= 11 is 0. The predicted octanol–water partition coefficient (Wildman–Crippen LogP) is 4.43. The summed E-state index contributed by atoms with van der Waals surface area (Å²) in [5.74, 6) is 0.376. The maximum absolute atomic E-state index is 12.3. The van der Waals surface area contributed by atoms with Crippen LogP contribution in [0.4, 0.5) is 0 Å². The Morgan fingerprint density at radius 3 is 2.74 bits per heavy atom. The quantitative estimate of drug-likeness (QED) is 0.494. The van der Waals surface area contributed by atoms with E-state index in [9.17, 15) is 4.79 Å². The molecule has 0 spiro atoms. The van der Waals surface area contributed by atoms with Crippen LogP contribution in [0, 0.1) is 6.92 Å². The van der Waals surface area contributed by atoms with Gasteiger partial charge in [-0.15, -0.1) is 0 Å². The minimum absolute atomic E-state index is 0.0962. The van der Waals surface area contributed by atoms with Crippen molar-refractivity contribution >= 4 is 16.9 Å². The standard InChI is InChI=1S/C22H20N2O3/c1-15-7-9-16(10-8-15)21-12-18(23-27-21)14-26-22(25)11-17-13-24(2)20-6-4-3-5-19(17)20/h3-10,12-13H,11,14H2,1-2H3. The van der Waals surface area contributed by atoms with Gasteiger partial charge in [-0.2, -0.15) is 0 Å². The van der Waals surface area contributed by atoms with Gasteiger partial charge in [-0.05, 0) is 18.6 Å². The van der Waals surface area contributed by atoms with E-state index in [1.54, 1.807) is 6.07 Å². The average Bonchev–Trinajstić information content (AvgIpc) is 3.26. The van der Waals surface area contributed by atoms with Crippen molar-refractivity contribution < 1.29 is 14.1 Å². The largest absolute Gasteiger partial charge is 0.459 e. The molecule has 2 heterocycles. The highest BCUT2D eigenvalue weighted by Gasteiger charge is 2.13. The molecule has 5 nitrogen and oxygen atoms in total. The molecule has 0 aliphatic rings. The van der Waals surface area contributed by atoms with Crippen molar-refractivity contribution in [1.82, 2.24) is 9.72 Å². The number of para-hydroxylation sites is 1. The Balaban J connectivity index is 1.40. The maximum Gasteiger partial charge on any atom is 0.310 e. The zero-order chi connectivity index (χ0) is 18.8. The van der Waals surface area contributed by atoms with E-state index >= 15 is 0 Å². The summed E-state index contributed by atoms with van der Waals surface area (Å²) in [6, 6.07) is 17.8. The van der Waals surface area contributed by atoms with Gasteiger partial charge in [0.05, 0.1) is 6.42 Å². The number of aromatic nitrogens is 2. The molecule has 4 rings (SSSR count). The number of rotatable bonds is 5. The first-order chi connectivity index (χ1) is 13.1. The highest BCUT2D eigenvalue weighted by atomic mass is 16.5. The van der Waals surface area contributed by atoms with E-state index in [1.807, 2.05) is 73.3 Å². The molecule has 0 aliphatic carbocycles. The van der Waals surface area contributed by atoms with Gasteiger partial charge in [-0.1, -0.05) is 53.2 Å². The van der Waals surface area contributed by atoms with Crippen LogP contribution < -0.4 is 0 Å². The Hall–Kier alpha value is -3.34. The predicted molar refractivity (Wildman–Crippen MR) is 103 cm³/mol. The lowest BCUT2D eigenvalue weighted by Gasteiger charge is -2.01. The number of nitrogens with zero attached hydrogens (tertiary/aromatic N) is 2. The van der Waals surface area contributed by atoms with E-state index in [2.05, 4.69) is 5.16 Å². The lowest BCUT2D eigenvalue weighted by molar-refractivity contribution is -0.144. The Morgan fingerprint density at radius 2 is 1.93 bits per heavy atom. The molecule has 0 amide bonds. The third-order valence-corrected chi connectivity index (χ3v) is 4.59. The number of ether oxygens (including phenoxy) is 1. The van der Waals surface area contributed by atoms with Crippen molar-refractivity contribution in [2.24, 2.45) is 7.05 Å². The molecule has 136 valence electrons. The van der Waals surface area contributed by atoms with Crippen molar-refractivity contribution in [3.05, 3.63) is 77.6 Å². The SMILES string of the molecule is Cc1ccc(-c2cc(COC(=O)Cc3cn(C)c4ccccc34)no2)cc1. The molecule has 0 bridgehead atoms. The van der Waals surface area contributed by atoms with Gasteiger partial charge in [-0.25, -0.2) is 0 Å². The van der Waals surface area contributed by atoms with Crippen molar-refractivity contribution in [3.63, 3.8) is 0 Å². The highest BCUT2D eigenvalue weighted by molar-refractivity contribution is 5.87. The number of hydrogen-bond donors (Lipinski definition) is 0. The number of carbonyl (C=O) groups is 1. The molecule has 0 fully saturated rings. The van der Waals surface area contributed by atoms with Crippen molar-refractivity contribution in [2.75, 3.05) is 0 Å². The number of fused-ring (bicyclic) bond motifs is 1. The topological polar surface area (TPSA) is 57.3 Å². The molecule has 4 aromatic rings. The van der Waals surface area contributed by atoms with E-state index in [0.717, 1.165) is 22.0 Å². The van der Waals surface area contributed by atoms with Crippen LogP contribution in [0.5, 0.6) is 0 Å². The van der Waals surface area contributed by atoms with Crippen LogP contribution in [0.3, 0.4) is 0 Å². The van der Waals surface area contributed by atoms with Crippen molar-refractivity contribution in [2.45, 2.75) is 20.0 Å². The summed E-state index contributed by atoms with van der Waals surface area (Å²) in [6.45, 7) is 2.13. The minimum atomic E-state index is -0.286. The number of aryl methyl sites for hydroxylation is 2. The zero-order valence-corrected chi connectivity index (χ0v) is 15.3. The van der Waals surface area contributed by atoms with Crippen molar-refractivity contribution in [3.8, 4) is 11.3 Å². The first kappa shape index (κ1) is 17.1. The van der Waals surface area contributed by atoms with Gasteiger partial charge in [0.1, 0.15) is 12.3 Å². The van der Waals surface area contributed by atoms with Gasteiger partial charge in [-0.3, -0.25) is 4.79 Å². The molecule has 2 aromatic carbocycles. The lowest BCUT2D eigenvalue weighted by atomic mass is 10.1. The molecule has 0 saturated heterocycles. The number of carbonyl (C=O) groups excluding carboxylic acids is 1. The lowest BCUT2D eigenvalue weighted by Crippen LogP contribution is -2.07. The Kier molecular flexibility index (Phi) is 4.50. The van der Waals surface area contributed by atoms with Crippen molar-refractivity contribution in [1.29, 1.82) is 0 Å². The molecular formula is C22H20N2O3. The fourth-order valence-corrected chi connectivity index (χ4v) is 3.16. The summed E-state index contributed by atoms with van der Waals surface area (Å²) in [5, 5.41) is 5.06. The molecule has 0 N–H and O–H groups in total. The van der Waals surface area contributed by atoms with E-state index in [0.29, 0.717) is 11.5 Å². The number of hydrogen-bond acceptors (Lipinski definition) is 4. The molecule has 0 radical (unpaired) electrons. The summed E-state index contributed by atoms with van der Waals surface area (Å²) in [4.78, 5) is 12.3. The van der Waals surface area contributed by atoms with Crippen LogP contribution in [-0.4, -0.2) is 15.7 Å². The summed E-state index contributed by atoms with van der Waals surface area (Å²) in [6.07, 6.45) is 2.20. The first-order valence-electron chi connectivity index (χ1n) is 8.81. The second-order valence-electron chi connectivity index (χ2n) is 6.67. The third-order valence-electron chi connectivity index (χ3n) is 4.59. The van der Waals surface area contributed by atoms with Crippen LogP contribution in [0.15, 0.2) is 65.3 Å². The normalized spacial score (nSPS) is 11.0. The van der Waals surface area contributed by atoms with Crippen LogP contribution in [0.2, 0.25) is 0 Å². The van der Waals surface area contributed by atoms with Gasteiger partial charge in [0.2, 0.25) is 0 Å². The second kappa shape index (κ2) is 7.11. The fraction of sp³-hybridized carbons (Fsp3) is 0.182. The van der Waals surface area contributed by atoms with Gasteiger partial charge < -0.3 is 13.8 Å². The molecule has 5 heteroatoms. The summed E-state index contributed by atoms with van der Waals surface area (Å²) < 4.78 is 12.8. The summed E-state index contributed by atoms with van der Waals surface area (Å²) in [5.41, 5.74) is 4.78. The van der Waals surface area contributed by atoms with E-state index in [-0.39, 0.29) is 19.0 Å². The molecule has 0 atom stereocenters. The van der Waals surface area contributed by atoms with E-state index in [4.69, 9.17) is 9.26 Å². The Morgan fingerprint density at radius 1 is 1.15 bits per heavy atom. The smallest absolute Gasteiger partial charge is 0.310 e. The average molecular weight is 360 g/mol. The van der Waals surface area contributed by atoms with Gasteiger partial charge >= 0.3 is 5.97 Å². The molecule has 27 heavy (non-hydrogen) atoms. The van der Waals surface area contributed by atoms with Crippen LogP contribution in [-0.2, 0) is 29.6 Å². The van der Waals surface area contributed by atoms with E-state index < -0.39 is 0 Å². The number of benzene rings is 2. The second-order valence-corrected chi connectivity index (χ2v) is 6.67. The van der Waals surface area contributed by atoms with Crippen LogP contribution in [0.1, 0.15) is 16.8 Å². The molecule has 2 aromatic heterocycles. The van der Waals surface area contributed by atoms with Gasteiger partial charge in [0.25, 0.3) is 0 Å². The number of esters is 1. The Labute approximate surface area is 157 Å². The van der Waals surface area contributed by atoms with Gasteiger partial charge in [0, 0.05) is 35.8 Å². The maximum atomic E-state index is 12.3. The molecule has 0 unspecified atom stereocenters. The summed E-state index contributed by atoms with van der Waals surface area (Å²) in [7, 11) is 1.97. The molecule has 0 aliphatic heterocycles. The minimum Gasteiger partial charge on any atom is -0.459 e. The monoisotopic (exact) mass is 360 g/mol.